The molecule has 1 aliphatic carbocycles. The average Bonchev–Trinajstić information content (AvgIpc) is 3.22. The predicted molar refractivity (Wildman–Crippen MR) is 101 cm³/mol. The second-order valence-electron chi connectivity index (χ2n) is 6.80. The number of aryl methyl sites for hydroxylation is 2. The maximum Gasteiger partial charge on any atom is 0.305 e. The van der Waals surface area contributed by atoms with Crippen LogP contribution in [0, 0.1) is 0 Å². The van der Waals surface area contributed by atoms with Gasteiger partial charge in [-0.2, -0.15) is 5.10 Å². The molecule has 0 saturated carbocycles. The van der Waals surface area contributed by atoms with Crippen molar-refractivity contribution in [3.63, 3.8) is 0 Å². The summed E-state index contributed by atoms with van der Waals surface area (Å²) < 4.78 is 1.85. The van der Waals surface area contributed by atoms with E-state index in [-0.39, 0.29) is 12.2 Å². The molecule has 1 aliphatic rings. The van der Waals surface area contributed by atoms with Crippen LogP contribution in [-0.4, -0.2) is 26.0 Å². The van der Waals surface area contributed by atoms with Gasteiger partial charge in [-0.15, -0.1) is 0 Å². The monoisotopic (exact) mass is 376 g/mol. The van der Waals surface area contributed by atoms with Crippen molar-refractivity contribution in [3.8, 4) is 5.75 Å². The first-order valence-electron chi connectivity index (χ1n) is 9.27. The minimum absolute atomic E-state index is 0.0672. The molecule has 0 amide bonds. The quantitative estimate of drug-likeness (QED) is 0.767. The van der Waals surface area contributed by atoms with E-state index in [2.05, 4.69) is 18.9 Å². The molecule has 5 nitrogen and oxygen atoms in total. The highest BCUT2D eigenvalue weighted by Gasteiger charge is 2.23. The molecule has 0 atom stereocenters. The van der Waals surface area contributed by atoms with E-state index in [1.54, 1.807) is 0 Å². The summed E-state index contributed by atoms with van der Waals surface area (Å²) in [6.45, 7) is 4.53. The first-order chi connectivity index (χ1) is 12.5. The number of rotatable bonds is 7. The van der Waals surface area contributed by atoms with Gasteiger partial charge >= 0.3 is 5.97 Å². The highest BCUT2D eigenvalue weighted by atomic mass is 35.5. The van der Waals surface area contributed by atoms with E-state index in [1.165, 1.54) is 11.1 Å². The number of phenolic OH excluding ortho intramolecular Hbond substituents is 1. The van der Waals surface area contributed by atoms with Crippen LogP contribution in [0.1, 0.15) is 60.3 Å². The second kappa shape index (κ2) is 7.70. The molecule has 0 aliphatic heterocycles. The van der Waals surface area contributed by atoms with Crippen LogP contribution in [-0.2, 0) is 43.4 Å². The van der Waals surface area contributed by atoms with E-state index in [1.807, 2.05) is 10.7 Å². The molecule has 0 fully saturated rings. The Morgan fingerprint density at radius 2 is 2.00 bits per heavy atom. The Hall–Kier alpha value is -2.01. The normalized spacial score (nSPS) is 13.2. The standard InChI is InChI=1S/C20H25ClN2O3/c1-3-17-15(18(4-2)23(22-17)9-8-19(24)25)10-12-11-16(21)20(26)14-7-5-6-13(12)14/h11,26H,3-10H2,1-2H3,(H,24,25). The molecule has 0 saturated heterocycles. The molecule has 0 spiro atoms. The fraction of sp³-hybridized carbons (Fsp3) is 0.500. The lowest BCUT2D eigenvalue weighted by Gasteiger charge is -2.13. The van der Waals surface area contributed by atoms with Crippen molar-refractivity contribution < 1.29 is 15.0 Å². The number of aromatic nitrogens is 2. The number of carboxylic acid groups (broad SMARTS) is 1. The number of halogens is 1. The van der Waals surface area contributed by atoms with Crippen molar-refractivity contribution in [2.45, 2.75) is 65.3 Å². The topological polar surface area (TPSA) is 75.4 Å². The Bertz CT molecular complexity index is 842. The minimum Gasteiger partial charge on any atom is -0.506 e. The molecular formula is C20H25ClN2O3. The van der Waals surface area contributed by atoms with Gasteiger partial charge in [0.25, 0.3) is 0 Å². The Morgan fingerprint density at radius 3 is 2.65 bits per heavy atom. The molecule has 26 heavy (non-hydrogen) atoms. The van der Waals surface area contributed by atoms with Crippen LogP contribution in [0.3, 0.4) is 0 Å². The largest absolute Gasteiger partial charge is 0.506 e. The molecule has 3 rings (SSSR count). The number of carboxylic acids is 1. The molecule has 1 aromatic carbocycles. The number of nitrogens with zero attached hydrogens (tertiary/aromatic N) is 2. The molecule has 2 N–H and O–H groups in total. The maximum atomic E-state index is 10.9. The molecule has 0 unspecified atom stereocenters. The van der Waals surface area contributed by atoms with E-state index < -0.39 is 5.97 Å². The van der Waals surface area contributed by atoms with E-state index in [0.717, 1.165) is 61.0 Å². The van der Waals surface area contributed by atoms with Gasteiger partial charge in [0.05, 0.1) is 23.7 Å². The number of hydrogen-bond donors (Lipinski definition) is 2. The Labute approximate surface area is 158 Å². The van der Waals surface area contributed by atoms with Crippen molar-refractivity contribution in [2.24, 2.45) is 0 Å². The average molecular weight is 377 g/mol. The van der Waals surface area contributed by atoms with Crippen LogP contribution in [0.5, 0.6) is 5.75 Å². The van der Waals surface area contributed by atoms with Gasteiger partial charge < -0.3 is 10.2 Å². The van der Waals surface area contributed by atoms with E-state index in [4.69, 9.17) is 16.7 Å². The zero-order valence-electron chi connectivity index (χ0n) is 15.3. The Balaban J connectivity index is 2.01. The SMILES string of the molecule is CCc1nn(CCC(=O)O)c(CC)c1Cc1cc(Cl)c(O)c2c1CCC2. The smallest absolute Gasteiger partial charge is 0.305 e. The van der Waals surface area contributed by atoms with Crippen LogP contribution in [0.25, 0.3) is 0 Å². The summed E-state index contributed by atoms with van der Waals surface area (Å²) in [5, 5.41) is 24.3. The third kappa shape index (κ3) is 3.45. The molecule has 140 valence electrons. The van der Waals surface area contributed by atoms with E-state index in [9.17, 15) is 9.90 Å². The third-order valence-electron chi connectivity index (χ3n) is 5.24. The Kier molecular flexibility index (Phi) is 5.56. The molecule has 2 aromatic rings. The Morgan fingerprint density at radius 1 is 1.27 bits per heavy atom. The number of hydrogen-bond acceptors (Lipinski definition) is 3. The van der Waals surface area contributed by atoms with Gasteiger partial charge in [0, 0.05) is 17.7 Å². The fourth-order valence-electron chi connectivity index (χ4n) is 4.02. The zero-order valence-corrected chi connectivity index (χ0v) is 16.1. The van der Waals surface area contributed by atoms with Gasteiger partial charge in [0.1, 0.15) is 5.75 Å². The van der Waals surface area contributed by atoms with Crippen molar-refractivity contribution >= 4 is 17.6 Å². The van der Waals surface area contributed by atoms with Crippen molar-refractivity contribution in [3.05, 3.63) is 44.7 Å². The zero-order chi connectivity index (χ0) is 18.8. The summed E-state index contributed by atoms with van der Waals surface area (Å²) in [4.78, 5) is 10.9. The number of fused-ring (bicyclic) bond motifs is 1. The number of benzene rings is 1. The van der Waals surface area contributed by atoms with Crippen molar-refractivity contribution in [2.75, 3.05) is 0 Å². The molecule has 6 heteroatoms. The lowest BCUT2D eigenvalue weighted by Crippen LogP contribution is -2.09. The molecule has 0 bridgehead atoms. The molecule has 1 aromatic heterocycles. The van der Waals surface area contributed by atoms with E-state index >= 15 is 0 Å². The van der Waals surface area contributed by atoms with Gasteiger partial charge in [-0.25, -0.2) is 0 Å². The summed E-state index contributed by atoms with van der Waals surface area (Å²) in [7, 11) is 0. The summed E-state index contributed by atoms with van der Waals surface area (Å²) in [5.74, 6) is -0.586. The second-order valence-corrected chi connectivity index (χ2v) is 7.21. The lowest BCUT2D eigenvalue weighted by atomic mass is 9.94. The molecular weight excluding hydrogens is 352 g/mol. The van der Waals surface area contributed by atoms with Gasteiger partial charge in [-0.3, -0.25) is 9.48 Å². The number of aromatic hydroxyl groups is 1. The molecule has 1 heterocycles. The van der Waals surface area contributed by atoms with Crippen LogP contribution in [0.2, 0.25) is 5.02 Å². The summed E-state index contributed by atoms with van der Waals surface area (Å²) in [5.41, 5.74) is 6.65. The van der Waals surface area contributed by atoms with Gasteiger partial charge in [-0.05, 0) is 54.9 Å². The first kappa shape index (κ1) is 18.8. The third-order valence-corrected chi connectivity index (χ3v) is 5.53. The summed E-state index contributed by atoms with van der Waals surface area (Å²) >= 11 is 6.26. The number of aliphatic carboxylic acids is 1. The van der Waals surface area contributed by atoms with Gasteiger partial charge in [0.2, 0.25) is 0 Å². The summed E-state index contributed by atoms with van der Waals surface area (Å²) in [6, 6.07) is 1.88. The lowest BCUT2D eigenvalue weighted by molar-refractivity contribution is -0.137. The fourth-order valence-corrected chi connectivity index (χ4v) is 4.27. The molecule has 0 radical (unpaired) electrons. The predicted octanol–water partition coefficient (Wildman–Crippen LogP) is 3.92. The van der Waals surface area contributed by atoms with E-state index in [0.29, 0.717) is 11.6 Å². The van der Waals surface area contributed by atoms with Crippen LogP contribution in [0.15, 0.2) is 6.07 Å². The summed E-state index contributed by atoms with van der Waals surface area (Å²) in [6.07, 6.45) is 5.26. The maximum absolute atomic E-state index is 10.9. The van der Waals surface area contributed by atoms with Crippen LogP contribution in [0.4, 0.5) is 0 Å². The van der Waals surface area contributed by atoms with Crippen LogP contribution < -0.4 is 0 Å². The minimum atomic E-state index is -0.815. The van der Waals surface area contributed by atoms with Crippen molar-refractivity contribution in [1.29, 1.82) is 0 Å². The van der Waals surface area contributed by atoms with Gasteiger partial charge in [-0.1, -0.05) is 25.4 Å². The number of phenols is 1. The number of carbonyl (C=O) groups is 1. The first-order valence-corrected chi connectivity index (χ1v) is 9.65. The van der Waals surface area contributed by atoms with Gasteiger partial charge in [0.15, 0.2) is 0 Å². The highest BCUT2D eigenvalue weighted by molar-refractivity contribution is 6.32. The van der Waals surface area contributed by atoms with Crippen molar-refractivity contribution in [1.82, 2.24) is 9.78 Å². The van der Waals surface area contributed by atoms with Crippen LogP contribution >= 0.6 is 11.6 Å². The highest BCUT2D eigenvalue weighted by Crippen LogP contribution is 2.39.